The van der Waals surface area contributed by atoms with E-state index in [-0.39, 0.29) is 17.0 Å². The molecule has 0 aliphatic carbocycles. The van der Waals surface area contributed by atoms with E-state index in [1.54, 1.807) is 0 Å². The highest BCUT2D eigenvalue weighted by Gasteiger charge is 2.22. The number of hydrogen-bond donors (Lipinski definition) is 2. The molecule has 1 aromatic carbocycles. The standard InChI is InChI=1S/C11H15N3.BrH/c1-9(10-5-3-2-4-6-10)14-8-7-13-11(14)12;/h2-6,9H,7-8H2,1H3,(H2,12,13);1H. The summed E-state index contributed by atoms with van der Waals surface area (Å²) in [6.45, 7) is 3.95. The van der Waals surface area contributed by atoms with Gasteiger partial charge in [0, 0.05) is 13.1 Å². The highest BCUT2D eigenvalue weighted by molar-refractivity contribution is 8.93. The average Bonchev–Trinajstić information content (AvgIpc) is 2.65. The van der Waals surface area contributed by atoms with Crippen LogP contribution in [-0.2, 0) is 0 Å². The smallest absolute Gasteiger partial charge is 0.191 e. The van der Waals surface area contributed by atoms with Gasteiger partial charge >= 0.3 is 0 Å². The van der Waals surface area contributed by atoms with Gasteiger partial charge < -0.3 is 10.2 Å². The molecule has 0 spiro atoms. The van der Waals surface area contributed by atoms with Gasteiger partial charge in [-0.25, -0.2) is 0 Å². The maximum absolute atomic E-state index is 7.70. The van der Waals surface area contributed by atoms with Gasteiger partial charge in [-0.15, -0.1) is 17.0 Å². The lowest BCUT2D eigenvalue weighted by molar-refractivity contribution is 0.368. The first-order valence-corrected chi connectivity index (χ1v) is 4.93. The monoisotopic (exact) mass is 269 g/mol. The molecule has 4 heteroatoms. The van der Waals surface area contributed by atoms with Crippen LogP contribution in [0.3, 0.4) is 0 Å². The van der Waals surface area contributed by atoms with Crippen molar-refractivity contribution < 1.29 is 0 Å². The van der Waals surface area contributed by atoms with Crippen LogP contribution in [0.4, 0.5) is 0 Å². The molecule has 1 aliphatic heterocycles. The summed E-state index contributed by atoms with van der Waals surface area (Å²) in [6, 6.07) is 10.6. The number of guanidine groups is 1. The summed E-state index contributed by atoms with van der Waals surface area (Å²) in [5.74, 6) is 0.543. The van der Waals surface area contributed by atoms with Gasteiger partial charge in [-0.2, -0.15) is 0 Å². The third-order valence-corrected chi connectivity index (χ3v) is 2.68. The Hall–Kier alpha value is -1.03. The maximum atomic E-state index is 7.70. The van der Waals surface area contributed by atoms with Gasteiger partial charge in [0.1, 0.15) is 0 Å². The SMILES string of the molecule is Br.CC(c1ccccc1)N1CCNC1=N. The summed E-state index contributed by atoms with van der Waals surface area (Å²) in [6.07, 6.45) is 0. The summed E-state index contributed by atoms with van der Waals surface area (Å²) < 4.78 is 0. The quantitative estimate of drug-likeness (QED) is 0.864. The molecule has 3 nitrogen and oxygen atoms in total. The normalized spacial score (nSPS) is 16.9. The molecular weight excluding hydrogens is 254 g/mol. The molecule has 2 rings (SSSR count). The zero-order valence-electron chi connectivity index (χ0n) is 8.73. The summed E-state index contributed by atoms with van der Waals surface area (Å²) in [4.78, 5) is 2.08. The van der Waals surface area contributed by atoms with E-state index in [9.17, 15) is 0 Å². The Morgan fingerprint density at radius 3 is 2.53 bits per heavy atom. The lowest BCUT2D eigenvalue weighted by Crippen LogP contribution is -2.31. The number of nitrogens with one attached hydrogen (secondary N) is 2. The lowest BCUT2D eigenvalue weighted by Gasteiger charge is -2.25. The third kappa shape index (κ3) is 2.50. The van der Waals surface area contributed by atoms with E-state index >= 15 is 0 Å². The molecule has 0 aromatic heterocycles. The minimum Gasteiger partial charge on any atom is -0.355 e. The van der Waals surface area contributed by atoms with E-state index in [0.717, 1.165) is 13.1 Å². The number of nitrogens with zero attached hydrogens (tertiary/aromatic N) is 1. The van der Waals surface area contributed by atoms with Gasteiger partial charge in [-0.05, 0) is 12.5 Å². The van der Waals surface area contributed by atoms with Crippen LogP contribution in [-0.4, -0.2) is 23.9 Å². The molecule has 1 saturated heterocycles. The predicted octanol–water partition coefficient (Wildman–Crippen LogP) is 2.17. The van der Waals surface area contributed by atoms with E-state index < -0.39 is 0 Å². The van der Waals surface area contributed by atoms with Crippen LogP contribution in [0.1, 0.15) is 18.5 Å². The van der Waals surface area contributed by atoms with Crippen molar-refractivity contribution >= 4 is 22.9 Å². The second kappa shape index (κ2) is 5.16. The molecule has 0 saturated carbocycles. The van der Waals surface area contributed by atoms with Crippen molar-refractivity contribution in [3.05, 3.63) is 35.9 Å². The molecule has 1 aliphatic rings. The Morgan fingerprint density at radius 1 is 1.33 bits per heavy atom. The molecule has 2 N–H and O–H groups in total. The van der Waals surface area contributed by atoms with E-state index in [2.05, 4.69) is 29.3 Å². The van der Waals surface area contributed by atoms with Crippen LogP contribution in [0.2, 0.25) is 0 Å². The molecule has 1 aromatic rings. The number of hydrogen-bond acceptors (Lipinski definition) is 1. The van der Waals surface area contributed by atoms with Crippen molar-refractivity contribution in [3.63, 3.8) is 0 Å². The Labute approximate surface area is 101 Å². The minimum absolute atomic E-state index is 0. The van der Waals surface area contributed by atoms with Crippen molar-refractivity contribution in [2.24, 2.45) is 0 Å². The number of halogens is 1. The van der Waals surface area contributed by atoms with Crippen molar-refractivity contribution in [1.82, 2.24) is 10.2 Å². The average molecular weight is 270 g/mol. The molecule has 0 bridgehead atoms. The van der Waals surface area contributed by atoms with E-state index in [0.29, 0.717) is 12.0 Å². The lowest BCUT2D eigenvalue weighted by atomic mass is 10.1. The molecule has 1 unspecified atom stereocenters. The summed E-state index contributed by atoms with van der Waals surface area (Å²) in [5, 5.41) is 10.7. The molecule has 0 amide bonds. The van der Waals surface area contributed by atoms with Crippen LogP contribution in [0.5, 0.6) is 0 Å². The van der Waals surface area contributed by atoms with E-state index in [1.165, 1.54) is 5.56 Å². The molecule has 82 valence electrons. The zero-order chi connectivity index (χ0) is 9.97. The van der Waals surface area contributed by atoms with Crippen LogP contribution in [0.15, 0.2) is 30.3 Å². The molecule has 1 atom stereocenters. The van der Waals surface area contributed by atoms with Crippen molar-refractivity contribution in [2.75, 3.05) is 13.1 Å². The largest absolute Gasteiger partial charge is 0.355 e. The Balaban J connectivity index is 0.00000112. The molecule has 15 heavy (non-hydrogen) atoms. The highest BCUT2D eigenvalue weighted by atomic mass is 79.9. The maximum Gasteiger partial charge on any atom is 0.191 e. The predicted molar refractivity (Wildman–Crippen MR) is 67.6 cm³/mol. The Morgan fingerprint density at radius 2 is 2.00 bits per heavy atom. The Bertz CT molecular complexity index is 326. The van der Waals surface area contributed by atoms with Gasteiger partial charge in [0.15, 0.2) is 5.96 Å². The number of rotatable bonds is 2. The second-order valence-electron chi connectivity index (χ2n) is 3.56. The molecular formula is C11H16BrN3. The van der Waals surface area contributed by atoms with Crippen molar-refractivity contribution in [1.29, 1.82) is 5.41 Å². The topological polar surface area (TPSA) is 39.1 Å². The fourth-order valence-electron chi connectivity index (χ4n) is 1.81. The highest BCUT2D eigenvalue weighted by Crippen LogP contribution is 2.20. The molecule has 1 heterocycles. The minimum atomic E-state index is 0. The summed E-state index contributed by atoms with van der Waals surface area (Å²) in [5.41, 5.74) is 1.26. The van der Waals surface area contributed by atoms with Gasteiger partial charge in [-0.3, -0.25) is 5.41 Å². The molecule has 1 fully saturated rings. The second-order valence-corrected chi connectivity index (χ2v) is 3.56. The fraction of sp³-hybridized carbons (Fsp3) is 0.364. The van der Waals surface area contributed by atoms with Gasteiger partial charge in [-0.1, -0.05) is 30.3 Å². The van der Waals surface area contributed by atoms with Crippen LogP contribution >= 0.6 is 17.0 Å². The van der Waals surface area contributed by atoms with Crippen LogP contribution < -0.4 is 5.32 Å². The van der Waals surface area contributed by atoms with E-state index in [4.69, 9.17) is 5.41 Å². The fourth-order valence-corrected chi connectivity index (χ4v) is 1.81. The van der Waals surface area contributed by atoms with Gasteiger partial charge in [0.05, 0.1) is 6.04 Å². The first-order valence-electron chi connectivity index (χ1n) is 4.93. The van der Waals surface area contributed by atoms with Crippen molar-refractivity contribution in [2.45, 2.75) is 13.0 Å². The van der Waals surface area contributed by atoms with Crippen LogP contribution in [0, 0.1) is 5.41 Å². The van der Waals surface area contributed by atoms with Crippen molar-refractivity contribution in [3.8, 4) is 0 Å². The number of benzene rings is 1. The molecule has 0 radical (unpaired) electrons. The van der Waals surface area contributed by atoms with Gasteiger partial charge in [0.25, 0.3) is 0 Å². The van der Waals surface area contributed by atoms with E-state index in [1.807, 2.05) is 18.2 Å². The Kier molecular flexibility index (Phi) is 4.15. The first-order chi connectivity index (χ1) is 6.79. The summed E-state index contributed by atoms with van der Waals surface area (Å²) >= 11 is 0. The van der Waals surface area contributed by atoms with Crippen LogP contribution in [0.25, 0.3) is 0 Å². The third-order valence-electron chi connectivity index (χ3n) is 2.68. The zero-order valence-corrected chi connectivity index (χ0v) is 10.4. The first kappa shape index (κ1) is 12.0. The van der Waals surface area contributed by atoms with Gasteiger partial charge in [0.2, 0.25) is 0 Å². The summed E-state index contributed by atoms with van der Waals surface area (Å²) in [7, 11) is 0.